The van der Waals surface area contributed by atoms with E-state index in [0.29, 0.717) is 11.7 Å². The highest BCUT2D eigenvalue weighted by Crippen LogP contribution is 2.49. The molecule has 0 saturated heterocycles. The zero-order valence-corrected chi connectivity index (χ0v) is 15.2. The third kappa shape index (κ3) is 2.93. The molecule has 1 aromatic carbocycles. The minimum atomic E-state index is -0.300. The monoisotopic (exact) mass is 354 g/mol. The van der Waals surface area contributed by atoms with E-state index in [0.717, 1.165) is 29.8 Å². The first-order chi connectivity index (χ1) is 12.5. The van der Waals surface area contributed by atoms with Gasteiger partial charge in [0.15, 0.2) is 0 Å². The second-order valence-corrected chi connectivity index (χ2v) is 7.44. The van der Waals surface area contributed by atoms with Crippen LogP contribution in [0, 0.1) is 24.6 Å². The van der Waals surface area contributed by atoms with E-state index in [1.807, 2.05) is 11.8 Å². The fraction of sp³-hybridized carbons (Fsp3) is 0.450. The molecule has 0 spiro atoms. The second-order valence-electron chi connectivity index (χ2n) is 7.44. The van der Waals surface area contributed by atoms with Crippen molar-refractivity contribution in [3.63, 3.8) is 0 Å². The summed E-state index contributed by atoms with van der Waals surface area (Å²) in [6, 6.07) is 4.67. The van der Waals surface area contributed by atoms with Crippen LogP contribution >= 0.6 is 0 Å². The van der Waals surface area contributed by atoms with Gasteiger partial charge < -0.3 is 10.2 Å². The van der Waals surface area contributed by atoms with Gasteiger partial charge in [0.1, 0.15) is 11.6 Å². The van der Waals surface area contributed by atoms with E-state index < -0.39 is 0 Å². The van der Waals surface area contributed by atoms with Gasteiger partial charge in [-0.15, -0.1) is 0 Å². The number of rotatable bonds is 3. The lowest BCUT2D eigenvalue weighted by atomic mass is 9.80. The van der Waals surface area contributed by atoms with Crippen LogP contribution in [0.25, 0.3) is 0 Å². The molecule has 1 saturated carbocycles. The third-order valence-electron chi connectivity index (χ3n) is 5.48. The molecular weight excluding hydrogens is 331 g/mol. The molecule has 0 radical (unpaired) electrons. The fourth-order valence-electron chi connectivity index (χ4n) is 4.16. The molecule has 2 heterocycles. The number of nitrogens with one attached hydrogen (secondary N) is 1. The number of hydrogen-bond donors (Lipinski definition) is 1. The molecule has 1 aliphatic heterocycles. The molecule has 2 aliphatic rings. The number of nitrogens with zero attached hydrogens (tertiary/aromatic N) is 3. The van der Waals surface area contributed by atoms with Crippen LogP contribution in [0.5, 0.6) is 0 Å². The number of anilines is 2. The number of aryl methyl sites for hydroxylation is 1. The Morgan fingerprint density at radius 2 is 2.04 bits per heavy atom. The first kappa shape index (κ1) is 16.9. The Morgan fingerprint density at radius 3 is 2.65 bits per heavy atom. The quantitative estimate of drug-likeness (QED) is 0.909. The summed E-state index contributed by atoms with van der Waals surface area (Å²) in [6.45, 7) is 5.61. The van der Waals surface area contributed by atoms with Crippen molar-refractivity contribution >= 4 is 17.4 Å². The van der Waals surface area contributed by atoms with E-state index in [1.165, 1.54) is 12.1 Å². The molecule has 5 nitrogen and oxygen atoms in total. The molecular formula is C20H23FN4O. The van der Waals surface area contributed by atoms with Crippen LogP contribution in [0.1, 0.15) is 44.0 Å². The highest BCUT2D eigenvalue weighted by Gasteiger charge is 2.47. The predicted octanol–water partition coefficient (Wildman–Crippen LogP) is 3.86. The molecule has 6 heteroatoms. The normalized spacial score (nSPS) is 24.9. The Hall–Kier alpha value is -2.50. The number of benzene rings is 1. The summed E-state index contributed by atoms with van der Waals surface area (Å²) in [6.07, 6.45) is 5.67. The van der Waals surface area contributed by atoms with Gasteiger partial charge in [-0.05, 0) is 43.9 Å². The van der Waals surface area contributed by atoms with Gasteiger partial charge >= 0.3 is 0 Å². The third-order valence-corrected chi connectivity index (χ3v) is 5.48. The zero-order chi connectivity index (χ0) is 18.4. The minimum absolute atomic E-state index is 0.00943. The average Bonchev–Trinajstić information content (AvgIpc) is 3.43. The van der Waals surface area contributed by atoms with Crippen molar-refractivity contribution in [3.8, 4) is 0 Å². The van der Waals surface area contributed by atoms with Crippen molar-refractivity contribution in [2.24, 2.45) is 11.8 Å². The van der Waals surface area contributed by atoms with E-state index in [-0.39, 0.29) is 29.7 Å². The van der Waals surface area contributed by atoms with Crippen LogP contribution < -0.4 is 10.2 Å². The first-order valence-corrected chi connectivity index (χ1v) is 9.10. The lowest BCUT2D eigenvalue weighted by Crippen LogP contribution is -2.51. The number of halogens is 1. The highest BCUT2D eigenvalue weighted by atomic mass is 19.1. The van der Waals surface area contributed by atoms with E-state index in [4.69, 9.17) is 0 Å². The van der Waals surface area contributed by atoms with Gasteiger partial charge in [-0.3, -0.25) is 9.78 Å². The van der Waals surface area contributed by atoms with Gasteiger partial charge in [0.05, 0.1) is 24.1 Å². The van der Waals surface area contributed by atoms with Gasteiger partial charge in [0, 0.05) is 30.1 Å². The molecule has 1 aromatic heterocycles. The minimum Gasteiger partial charge on any atom is -0.362 e. The van der Waals surface area contributed by atoms with E-state index in [2.05, 4.69) is 22.2 Å². The standard InChI is InChI=1S/C20H23FN4O/c1-11-9-23-18(10-22-11)24-19-12(2)20(14-4-5-14)25(13(3)26)17-7-6-15(21)8-16(17)19/h6-10,12,14,19-20H,4-5H2,1-3H3,(H,23,24)/t12-,19?,20-/m1/s1. The Bertz CT molecular complexity index is 834. The van der Waals surface area contributed by atoms with Gasteiger partial charge in [-0.2, -0.15) is 0 Å². The van der Waals surface area contributed by atoms with Crippen molar-refractivity contribution in [1.29, 1.82) is 0 Å². The number of hydrogen-bond acceptors (Lipinski definition) is 4. The summed E-state index contributed by atoms with van der Waals surface area (Å²) >= 11 is 0. The van der Waals surface area contributed by atoms with E-state index in [1.54, 1.807) is 25.4 Å². The smallest absolute Gasteiger partial charge is 0.224 e. The molecule has 1 aliphatic carbocycles. The second kappa shape index (κ2) is 6.34. The number of aromatic nitrogens is 2. The maximum Gasteiger partial charge on any atom is 0.224 e. The molecule has 4 rings (SSSR count). The van der Waals surface area contributed by atoms with Crippen molar-refractivity contribution < 1.29 is 9.18 Å². The predicted molar refractivity (Wildman–Crippen MR) is 98.4 cm³/mol. The van der Waals surface area contributed by atoms with Gasteiger partial charge in [0.25, 0.3) is 0 Å². The van der Waals surface area contributed by atoms with Crippen LogP contribution in [-0.2, 0) is 4.79 Å². The maximum absolute atomic E-state index is 14.0. The van der Waals surface area contributed by atoms with Crippen molar-refractivity contribution in [2.75, 3.05) is 10.2 Å². The Labute approximate surface area is 152 Å². The number of amides is 1. The fourth-order valence-corrected chi connectivity index (χ4v) is 4.16. The lowest BCUT2D eigenvalue weighted by Gasteiger charge is -2.45. The van der Waals surface area contributed by atoms with Crippen LogP contribution in [0.4, 0.5) is 15.9 Å². The molecule has 1 N–H and O–H groups in total. The van der Waals surface area contributed by atoms with Crippen molar-refractivity contribution in [1.82, 2.24) is 9.97 Å². The van der Waals surface area contributed by atoms with E-state index >= 15 is 0 Å². The van der Waals surface area contributed by atoms with Crippen LogP contribution in [0.3, 0.4) is 0 Å². The van der Waals surface area contributed by atoms with Gasteiger partial charge in [-0.1, -0.05) is 6.92 Å². The molecule has 1 unspecified atom stereocenters. The summed E-state index contributed by atoms with van der Waals surface area (Å²) in [7, 11) is 0. The Balaban J connectivity index is 1.79. The van der Waals surface area contributed by atoms with Crippen LogP contribution in [0.2, 0.25) is 0 Å². The van der Waals surface area contributed by atoms with Gasteiger partial charge in [-0.25, -0.2) is 9.37 Å². The molecule has 3 atom stereocenters. The van der Waals surface area contributed by atoms with Crippen LogP contribution in [0.15, 0.2) is 30.6 Å². The van der Waals surface area contributed by atoms with Crippen molar-refractivity contribution in [3.05, 3.63) is 47.7 Å². The largest absolute Gasteiger partial charge is 0.362 e. The highest BCUT2D eigenvalue weighted by molar-refractivity contribution is 5.94. The number of carbonyl (C=O) groups excluding carboxylic acids is 1. The average molecular weight is 354 g/mol. The van der Waals surface area contributed by atoms with E-state index in [9.17, 15) is 9.18 Å². The lowest BCUT2D eigenvalue weighted by molar-refractivity contribution is -0.117. The number of carbonyl (C=O) groups is 1. The summed E-state index contributed by atoms with van der Waals surface area (Å²) in [5, 5.41) is 3.44. The van der Waals surface area contributed by atoms with Crippen molar-refractivity contribution in [2.45, 2.75) is 45.7 Å². The molecule has 0 bridgehead atoms. The first-order valence-electron chi connectivity index (χ1n) is 9.10. The summed E-state index contributed by atoms with van der Waals surface area (Å²) in [5.74, 6) is 0.999. The topological polar surface area (TPSA) is 58.1 Å². The Kier molecular flexibility index (Phi) is 4.13. The Morgan fingerprint density at radius 1 is 1.27 bits per heavy atom. The molecule has 2 aromatic rings. The molecule has 1 amide bonds. The molecule has 136 valence electrons. The summed E-state index contributed by atoms with van der Waals surface area (Å²) in [5.41, 5.74) is 2.44. The SMILES string of the molecule is CC(=O)N1c2ccc(F)cc2C(Nc2cnc(C)cn2)[C@@H](C)[C@@H]1C1CC1. The van der Waals surface area contributed by atoms with Gasteiger partial charge in [0.2, 0.25) is 5.91 Å². The number of fused-ring (bicyclic) bond motifs is 1. The summed E-state index contributed by atoms with van der Waals surface area (Å²) < 4.78 is 14.0. The zero-order valence-electron chi connectivity index (χ0n) is 15.2. The van der Waals surface area contributed by atoms with Crippen LogP contribution in [-0.4, -0.2) is 21.9 Å². The molecule has 26 heavy (non-hydrogen) atoms. The molecule has 1 fully saturated rings. The summed E-state index contributed by atoms with van der Waals surface area (Å²) in [4.78, 5) is 23.0. The maximum atomic E-state index is 14.0.